The van der Waals surface area contributed by atoms with Crippen LogP contribution in [0.15, 0.2) is 0 Å². The average Bonchev–Trinajstić information content (AvgIpc) is 2.46. The molecule has 1 saturated heterocycles. The van der Waals surface area contributed by atoms with E-state index in [1.165, 1.54) is 0 Å². The number of rotatable bonds is 3. The molecule has 7 heteroatoms. The van der Waals surface area contributed by atoms with Crippen LogP contribution in [-0.4, -0.2) is 40.1 Å². The van der Waals surface area contributed by atoms with Crippen LogP contribution >= 0.6 is 0 Å². The maximum atomic E-state index is 11.1. The van der Waals surface area contributed by atoms with Crippen LogP contribution < -0.4 is 11.1 Å². The Morgan fingerprint density at radius 3 is 2.43 bits per heavy atom. The van der Waals surface area contributed by atoms with Gasteiger partial charge in [0.05, 0.1) is 5.92 Å². The molecule has 0 radical (unpaired) electrons. The van der Waals surface area contributed by atoms with Gasteiger partial charge in [0.2, 0.25) is 5.91 Å². The summed E-state index contributed by atoms with van der Waals surface area (Å²) < 4.78 is 0. The van der Waals surface area contributed by atoms with Gasteiger partial charge in [0.1, 0.15) is 12.1 Å². The van der Waals surface area contributed by atoms with E-state index in [1.807, 2.05) is 0 Å². The summed E-state index contributed by atoms with van der Waals surface area (Å²) in [6.45, 7) is 0. The molecule has 0 unspecified atom stereocenters. The van der Waals surface area contributed by atoms with Gasteiger partial charge in [0, 0.05) is 0 Å². The van der Waals surface area contributed by atoms with Gasteiger partial charge in [0.25, 0.3) is 0 Å². The maximum absolute atomic E-state index is 11.1. The largest absolute Gasteiger partial charge is 0.480 e. The van der Waals surface area contributed by atoms with Crippen LogP contribution in [0.4, 0.5) is 0 Å². The lowest BCUT2D eigenvalue weighted by Gasteiger charge is -2.10. The number of nitrogens with one attached hydrogen (secondary N) is 1. The predicted molar refractivity (Wildman–Crippen MR) is 43.3 cm³/mol. The van der Waals surface area contributed by atoms with Crippen molar-refractivity contribution in [3.63, 3.8) is 0 Å². The minimum atomic E-state index is -1.35. The van der Waals surface area contributed by atoms with E-state index in [-0.39, 0.29) is 6.42 Å². The summed E-state index contributed by atoms with van der Waals surface area (Å²) in [5.74, 6) is -4.07. The van der Waals surface area contributed by atoms with Gasteiger partial charge in [-0.05, 0) is 6.42 Å². The topological polar surface area (TPSA) is 130 Å². The van der Waals surface area contributed by atoms with Crippen LogP contribution in [0.5, 0.6) is 0 Å². The lowest BCUT2D eigenvalue weighted by Crippen LogP contribution is -2.41. The average molecular weight is 202 g/mol. The summed E-state index contributed by atoms with van der Waals surface area (Å²) in [5, 5.41) is 19.3. The second kappa shape index (κ2) is 3.62. The lowest BCUT2D eigenvalue weighted by atomic mass is 9.97. The van der Waals surface area contributed by atoms with Crippen LogP contribution in [0.3, 0.4) is 0 Å². The zero-order valence-corrected chi connectivity index (χ0v) is 7.14. The van der Waals surface area contributed by atoms with Gasteiger partial charge in [-0.1, -0.05) is 0 Å². The van der Waals surface area contributed by atoms with E-state index in [2.05, 4.69) is 5.32 Å². The van der Waals surface area contributed by atoms with E-state index in [0.717, 1.165) is 0 Å². The summed E-state index contributed by atoms with van der Waals surface area (Å²) in [5.41, 5.74) is 5.22. The Balaban J connectivity index is 2.70. The Morgan fingerprint density at radius 1 is 1.50 bits per heavy atom. The standard InChI is InChI=1S/C7H10N2O5/c8-4(7(13)14)2-1-3(6(11)12)9-5(2)10/h2-4H,1,8H2,(H,9,10)(H,11,12)(H,13,14)/t2-,3+,4+/m1/s1. The van der Waals surface area contributed by atoms with E-state index in [9.17, 15) is 14.4 Å². The molecule has 3 atom stereocenters. The van der Waals surface area contributed by atoms with Crippen LogP contribution in [0.2, 0.25) is 0 Å². The van der Waals surface area contributed by atoms with Gasteiger partial charge in [0.15, 0.2) is 0 Å². The Bertz CT molecular complexity index is 290. The Morgan fingerprint density at radius 2 is 2.07 bits per heavy atom. The molecule has 1 fully saturated rings. The van der Waals surface area contributed by atoms with E-state index >= 15 is 0 Å². The third-order valence-electron chi connectivity index (χ3n) is 2.16. The fourth-order valence-electron chi connectivity index (χ4n) is 1.34. The second-order valence-corrected chi connectivity index (χ2v) is 3.11. The smallest absolute Gasteiger partial charge is 0.326 e. The minimum Gasteiger partial charge on any atom is -0.480 e. The van der Waals surface area contributed by atoms with Gasteiger partial charge in [-0.15, -0.1) is 0 Å². The second-order valence-electron chi connectivity index (χ2n) is 3.11. The summed E-state index contributed by atoms with van der Waals surface area (Å²) >= 11 is 0. The maximum Gasteiger partial charge on any atom is 0.326 e. The van der Waals surface area contributed by atoms with Gasteiger partial charge >= 0.3 is 11.9 Å². The summed E-state index contributed by atoms with van der Waals surface area (Å²) in [6, 6.07) is -2.38. The number of carbonyl (C=O) groups excluding carboxylic acids is 1. The van der Waals surface area contributed by atoms with Crippen LogP contribution in [0.1, 0.15) is 6.42 Å². The van der Waals surface area contributed by atoms with Gasteiger partial charge in [-0.25, -0.2) is 4.79 Å². The Labute approximate surface area is 78.9 Å². The molecule has 0 aromatic carbocycles. The van der Waals surface area contributed by atoms with Crippen molar-refractivity contribution in [3.8, 4) is 0 Å². The van der Waals surface area contributed by atoms with Crippen molar-refractivity contribution in [1.29, 1.82) is 0 Å². The fraction of sp³-hybridized carbons (Fsp3) is 0.571. The van der Waals surface area contributed by atoms with Crippen molar-refractivity contribution in [2.24, 2.45) is 11.7 Å². The number of hydrogen-bond donors (Lipinski definition) is 4. The number of carbonyl (C=O) groups is 3. The molecule has 0 aromatic heterocycles. The van der Waals surface area contributed by atoms with Gasteiger partial charge < -0.3 is 21.3 Å². The fourth-order valence-corrected chi connectivity index (χ4v) is 1.34. The number of carboxylic acid groups (broad SMARTS) is 2. The highest BCUT2D eigenvalue weighted by atomic mass is 16.4. The number of amides is 1. The van der Waals surface area contributed by atoms with Crippen LogP contribution in [0, 0.1) is 5.92 Å². The first-order valence-corrected chi connectivity index (χ1v) is 3.95. The number of carboxylic acids is 2. The molecule has 0 spiro atoms. The number of nitrogens with two attached hydrogens (primary N) is 1. The van der Waals surface area contributed by atoms with Crippen LogP contribution in [-0.2, 0) is 14.4 Å². The molecule has 7 nitrogen and oxygen atoms in total. The molecule has 1 aliphatic rings. The molecule has 14 heavy (non-hydrogen) atoms. The number of hydrogen-bond acceptors (Lipinski definition) is 4. The molecule has 78 valence electrons. The molecular formula is C7H10N2O5. The molecule has 0 aliphatic carbocycles. The molecule has 1 heterocycles. The molecule has 1 rings (SSSR count). The zero-order chi connectivity index (χ0) is 10.9. The third kappa shape index (κ3) is 1.82. The first-order chi connectivity index (χ1) is 6.43. The van der Waals surface area contributed by atoms with Crippen molar-refractivity contribution in [1.82, 2.24) is 5.32 Å². The first-order valence-electron chi connectivity index (χ1n) is 3.95. The van der Waals surface area contributed by atoms with Crippen molar-refractivity contribution in [2.45, 2.75) is 18.5 Å². The summed E-state index contributed by atoms with van der Waals surface area (Å²) in [7, 11) is 0. The normalized spacial score (nSPS) is 28.2. The lowest BCUT2D eigenvalue weighted by molar-refractivity contribution is -0.142. The van der Waals surface area contributed by atoms with E-state index < -0.39 is 35.8 Å². The zero-order valence-electron chi connectivity index (χ0n) is 7.14. The highest BCUT2D eigenvalue weighted by Crippen LogP contribution is 2.18. The molecular weight excluding hydrogens is 192 g/mol. The minimum absolute atomic E-state index is 0.0817. The van der Waals surface area contributed by atoms with E-state index in [0.29, 0.717) is 0 Å². The van der Waals surface area contributed by atoms with Crippen molar-refractivity contribution in [3.05, 3.63) is 0 Å². The van der Waals surface area contributed by atoms with Crippen LogP contribution in [0.25, 0.3) is 0 Å². The predicted octanol–water partition coefficient (Wildman–Crippen LogP) is -2.01. The van der Waals surface area contributed by atoms with Crippen molar-refractivity contribution < 1.29 is 24.6 Å². The van der Waals surface area contributed by atoms with Crippen molar-refractivity contribution in [2.75, 3.05) is 0 Å². The molecule has 0 saturated carbocycles. The first kappa shape index (κ1) is 10.5. The molecule has 0 bridgehead atoms. The summed E-state index contributed by atoms with van der Waals surface area (Å²) in [4.78, 5) is 32.1. The summed E-state index contributed by atoms with van der Waals surface area (Å²) in [6.07, 6.45) is -0.0817. The highest BCUT2D eigenvalue weighted by Gasteiger charge is 2.41. The third-order valence-corrected chi connectivity index (χ3v) is 2.16. The molecule has 0 aromatic rings. The monoisotopic (exact) mass is 202 g/mol. The van der Waals surface area contributed by atoms with Crippen molar-refractivity contribution >= 4 is 17.8 Å². The van der Waals surface area contributed by atoms with E-state index in [4.69, 9.17) is 15.9 Å². The molecule has 1 aliphatic heterocycles. The molecule has 1 amide bonds. The highest BCUT2D eigenvalue weighted by molar-refractivity contribution is 5.92. The number of aliphatic carboxylic acids is 2. The SMILES string of the molecule is N[C@H](C(=O)O)[C@H]1C[C@@H](C(=O)O)NC1=O. The quantitative estimate of drug-likeness (QED) is 0.418. The van der Waals surface area contributed by atoms with E-state index in [1.54, 1.807) is 0 Å². The van der Waals surface area contributed by atoms with Gasteiger partial charge in [-0.2, -0.15) is 0 Å². The molecule has 5 N–H and O–H groups in total. The van der Waals surface area contributed by atoms with Gasteiger partial charge in [-0.3, -0.25) is 9.59 Å². The Kier molecular flexibility index (Phi) is 2.70. The Hall–Kier alpha value is -1.63.